The lowest BCUT2D eigenvalue weighted by molar-refractivity contribution is -0.122. The normalized spacial score (nSPS) is 14.9. The molecule has 1 aliphatic heterocycles. The molecule has 0 radical (unpaired) electrons. The third-order valence-electron chi connectivity index (χ3n) is 5.13. The maximum Gasteiger partial charge on any atom is 0.335 e. The number of aryl methyl sites for hydroxylation is 1. The number of anilines is 1. The first-order valence-corrected chi connectivity index (χ1v) is 14.2. The number of hydrogen-bond acceptors (Lipinski definition) is 4. The van der Waals surface area contributed by atoms with Gasteiger partial charge in [0, 0.05) is 8.04 Å². The van der Waals surface area contributed by atoms with E-state index in [4.69, 9.17) is 4.74 Å². The molecule has 35 heavy (non-hydrogen) atoms. The van der Waals surface area contributed by atoms with Crippen LogP contribution in [-0.4, -0.2) is 17.8 Å². The van der Waals surface area contributed by atoms with E-state index in [0.717, 1.165) is 37.0 Å². The molecule has 0 aliphatic carbocycles. The molecule has 6 nitrogen and oxygen atoms in total. The quantitative estimate of drug-likeness (QED) is 0.174. The van der Waals surface area contributed by atoms with Crippen molar-refractivity contribution >= 4 is 113 Å². The monoisotopic (exact) mass is 868 g/mol. The Labute approximate surface area is 251 Å². The molecule has 178 valence electrons. The van der Waals surface area contributed by atoms with Crippen LogP contribution >= 0.6 is 83.7 Å². The summed E-state index contributed by atoms with van der Waals surface area (Å²) in [5, 5.41) is 2.26. The fraction of sp³-hybridized carbons (Fsp3) is 0.0800. The SMILES string of the molecule is Cc1cc(N2C(=O)NC(=O)/C(=C\c3cc(I)c(OCc4ccc(I)cc4)c(I)c3)C2=O)ccc1Br. The fourth-order valence-corrected chi connectivity index (χ4v) is 6.10. The van der Waals surface area contributed by atoms with Crippen LogP contribution in [0.4, 0.5) is 10.5 Å². The van der Waals surface area contributed by atoms with E-state index in [2.05, 4.69) is 89.0 Å². The molecule has 1 aliphatic rings. The van der Waals surface area contributed by atoms with E-state index in [1.54, 1.807) is 18.2 Å². The zero-order chi connectivity index (χ0) is 25.3. The molecule has 0 saturated carbocycles. The second-order valence-corrected chi connectivity index (χ2v) is 12.0. The number of amides is 4. The number of nitrogens with zero attached hydrogens (tertiary/aromatic N) is 1. The molecule has 1 N–H and O–H groups in total. The van der Waals surface area contributed by atoms with Gasteiger partial charge < -0.3 is 4.74 Å². The second kappa shape index (κ2) is 11.3. The molecule has 3 aromatic rings. The maximum atomic E-state index is 13.2. The van der Waals surface area contributed by atoms with Crippen molar-refractivity contribution in [3.8, 4) is 5.75 Å². The molecule has 10 heteroatoms. The highest BCUT2D eigenvalue weighted by molar-refractivity contribution is 14.1. The number of benzene rings is 3. The van der Waals surface area contributed by atoms with Crippen LogP contribution in [0, 0.1) is 17.6 Å². The Morgan fingerprint density at radius 1 is 0.971 bits per heavy atom. The Bertz CT molecular complexity index is 1370. The number of rotatable bonds is 5. The minimum Gasteiger partial charge on any atom is -0.487 e. The lowest BCUT2D eigenvalue weighted by atomic mass is 10.1. The third-order valence-corrected chi connectivity index (χ3v) is 8.34. The molecular formula is C25H16BrI3N2O4. The first-order chi connectivity index (χ1) is 16.6. The molecule has 0 atom stereocenters. The molecule has 0 spiro atoms. The van der Waals surface area contributed by atoms with Gasteiger partial charge >= 0.3 is 6.03 Å². The summed E-state index contributed by atoms with van der Waals surface area (Å²) in [5.41, 5.74) is 2.83. The van der Waals surface area contributed by atoms with E-state index >= 15 is 0 Å². The van der Waals surface area contributed by atoms with Crippen molar-refractivity contribution in [1.29, 1.82) is 0 Å². The van der Waals surface area contributed by atoms with Gasteiger partial charge in [-0.05, 0) is 140 Å². The van der Waals surface area contributed by atoms with Gasteiger partial charge in [0.1, 0.15) is 17.9 Å². The molecule has 4 rings (SSSR count). The predicted octanol–water partition coefficient (Wildman–Crippen LogP) is 6.82. The van der Waals surface area contributed by atoms with Crippen LogP contribution < -0.4 is 15.0 Å². The number of imide groups is 2. The van der Waals surface area contributed by atoms with E-state index in [9.17, 15) is 14.4 Å². The minimum absolute atomic E-state index is 0.121. The van der Waals surface area contributed by atoms with Crippen LogP contribution in [0.25, 0.3) is 6.08 Å². The van der Waals surface area contributed by atoms with Gasteiger partial charge in [0.15, 0.2) is 0 Å². The second-order valence-electron chi connectivity index (χ2n) is 7.62. The van der Waals surface area contributed by atoms with Crippen LogP contribution in [0.5, 0.6) is 5.75 Å². The Morgan fingerprint density at radius 2 is 1.63 bits per heavy atom. The molecular weight excluding hydrogens is 853 g/mol. The number of carbonyl (C=O) groups excluding carboxylic acids is 3. The third kappa shape index (κ3) is 6.07. The summed E-state index contributed by atoms with van der Waals surface area (Å²) in [6.45, 7) is 2.28. The van der Waals surface area contributed by atoms with Crippen LogP contribution in [0.3, 0.4) is 0 Å². The molecule has 0 unspecified atom stereocenters. The zero-order valence-corrected chi connectivity index (χ0v) is 26.1. The molecule has 1 saturated heterocycles. The van der Waals surface area contributed by atoms with Gasteiger partial charge in [0.2, 0.25) is 0 Å². The standard InChI is InChI=1S/C25H16BrI3N2O4/c1-13-8-17(6-7-19(13)26)31-24(33)18(23(32)30-25(31)34)9-15-10-20(28)22(21(29)11-15)35-12-14-2-4-16(27)5-3-14/h2-11H,12H2,1H3,(H,30,32,34)/b18-9+. The highest BCUT2D eigenvalue weighted by Gasteiger charge is 2.37. The number of halogens is 4. The van der Waals surface area contributed by atoms with Crippen molar-refractivity contribution in [3.05, 3.63) is 92.0 Å². The van der Waals surface area contributed by atoms with E-state index in [-0.39, 0.29) is 5.57 Å². The highest BCUT2D eigenvalue weighted by atomic mass is 127. The Balaban J connectivity index is 1.61. The van der Waals surface area contributed by atoms with Gasteiger partial charge in [-0.15, -0.1) is 0 Å². The van der Waals surface area contributed by atoms with Crippen LogP contribution in [0.15, 0.2) is 64.6 Å². The maximum absolute atomic E-state index is 13.2. The first-order valence-electron chi connectivity index (χ1n) is 10.2. The molecule has 1 heterocycles. The molecule has 0 aromatic heterocycles. The molecule has 4 amide bonds. The minimum atomic E-state index is -0.776. The van der Waals surface area contributed by atoms with Gasteiger partial charge in [0.05, 0.1) is 12.8 Å². The number of ether oxygens (including phenoxy) is 1. The lowest BCUT2D eigenvalue weighted by Gasteiger charge is -2.26. The van der Waals surface area contributed by atoms with Crippen molar-refractivity contribution in [1.82, 2.24) is 5.32 Å². The van der Waals surface area contributed by atoms with Crippen LogP contribution in [-0.2, 0) is 16.2 Å². The summed E-state index contributed by atoms with van der Waals surface area (Å²) < 4.78 is 9.74. The average Bonchev–Trinajstić information content (AvgIpc) is 2.79. The van der Waals surface area contributed by atoms with E-state index < -0.39 is 17.8 Å². The molecule has 0 bridgehead atoms. The van der Waals surface area contributed by atoms with E-state index in [0.29, 0.717) is 17.9 Å². The topological polar surface area (TPSA) is 75.7 Å². The largest absolute Gasteiger partial charge is 0.487 e. The van der Waals surface area contributed by atoms with Crippen molar-refractivity contribution in [2.75, 3.05) is 4.90 Å². The zero-order valence-electron chi connectivity index (χ0n) is 18.1. The number of carbonyl (C=O) groups is 3. The van der Waals surface area contributed by atoms with Crippen LogP contribution in [0.1, 0.15) is 16.7 Å². The summed E-state index contributed by atoms with van der Waals surface area (Å²) in [6.07, 6.45) is 1.50. The predicted molar refractivity (Wildman–Crippen MR) is 163 cm³/mol. The van der Waals surface area contributed by atoms with Crippen molar-refractivity contribution in [2.24, 2.45) is 0 Å². The lowest BCUT2D eigenvalue weighted by Crippen LogP contribution is -2.54. The number of hydrogen-bond donors (Lipinski definition) is 1. The van der Waals surface area contributed by atoms with Crippen molar-refractivity contribution in [3.63, 3.8) is 0 Å². The fourth-order valence-electron chi connectivity index (χ4n) is 3.36. The first kappa shape index (κ1) is 26.5. The summed E-state index contributed by atoms with van der Waals surface area (Å²) in [6, 6.07) is 16.1. The Hall–Kier alpha value is -1.52. The van der Waals surface area contributed by atoms with Gasteiger partial charge in [-0.1, -0.05) is 28.1 Å². The molecule has 1 fully saturated rings. The van der Waals surface area contributed by atoms with E-state index in [1.165, 1.54) is 6.08 Å². The number of barbiturate groups is 1. The Kier molecular flexibility index (Phi) is 8.53. The van der Waals surface area contributed by atoms with Crippen molar-refractivity contribution < 1.29 is 19.1 Å². The smallest absolute Gasteiger partial charge is 0.335 e. The summed E-state index contributed by atoms with van der Waals surface area (Å²) in [4.78, 5) is 39.2. The summed E-state index contributed by atoms with van der Waals surface area (Å²) in [5.74, 6) is -0.674. The van der Waals surface area contributed by atoms with Gasteiger partial charge in [0.25, 0.3) is 11.8 Å². The van der Waals surface area contributed by atoms with Crippen molar-refractivity contribution in [2.45, 2.75) is 13.5 Å². The number of urea groups is 1. The summed E-state index contributed by atoms with van der Waals surface area (Å²) in [7, 11) is 0. The molecule has 3 aromatic carbocycles. The van der Waals surface area contributed by atoms with Crippen LogP contribution in [0.2, 0.25) is 0 Å². The Morgan fingerprint density at radius 3 is 2.26 bits per heavy atom. The summed E-state index contributed by atoms with van der Waals surface area (Å²) >= 11 is 10.0. The highest BCUT2D eigenvalue weighted by Crippen LogP contribution is 2.32. The van der Waals surface area contributed by atoms with Gasteiger partial charge in [-0.2, -0.15) is 0 Å². The average molecular weight is 869 g/mol. The van der Waals surface area contributed by atoms with Gasteiger partial charge in [-0.25, -0.2) is 9.69 Å². The van der Waals surface area contributed by atoms with E-state index in [1.807, 2.05) is 43.3 Å². The van der Waals surface area contributed by atoms with Gasteiger partial charge in [-0.3, -0.25) is 14.9 Å². The number of nitrogens with one attached hydrogen (secondary N) is 1.